The van der Waals surface area contributed by atoms with E-state index >= 15 is 0 Å². The molecule has 2 fully saturated rings. The zero-order valence-corrected chi connectivity index (χ0v) is 19.6. The zero-order valence-electron chi connectivity index (χ0n) is 18.8. The number of hydrogen-bond donors (Lipinski definition) is 1. The van der Waals surface area contributed by atoms with Crippen molar-refractivity contribution < 1.29 is 9.59 Å². The minimum absolute atomic E-state index is 0.0390. The molecule has 2 aromatic carbocycles. The topological polar surface area (TPSA) is 79.7 Å². The molecule has 0 aliphatic carbocycles. The van der Waals surface area contributed by atoms with Crippen molar-refractivity contribution >= 4 is 29.3 Å². The molecule has 33 heavy (non-hydrogen) atoms. The van der Waals surface area contributed by atoms with Gasteiger partial charge in [0.25, 0.3) is 5.91 Å². The number of hydrazine groups is 1. The number of carbonyl (C=O) groups excluding carboxylic acids is 2. The zero-order chi connectivity index (χ0) is 23.4. The second kappa shape index (κ2) is 10.2. The summed E-state index contributed by atoms with van der Waals surface area (Å²) in [5.41, 5.74) is 5.65. The molecular weight excluding hydrogens is 434 g/mol. The number of rotatable bonds is 5. The number of nitrogens with zero attached hydrogens (tertiary/aromatic N) is 4. The molecule has 1 N–H and O–H groups in total. The number of nitrogens with one attached hydrogen (secondary N) is 1. The molecule has 2 aliphatic heterocycles. The maximum atomic E-state index is 13.5. The summed E-state index contributed by atoms with van der Waals surface area (Å²) < 4.78 is 0. The van der Waals surface area contributed by atoms with Crippen molar-refractivity contribution in [1.82, 2.24) is 15.3 Å². The van der Waals surface area contributed by atoms with Crippen LogP contribution in [0.15, 0.2) is 65.2 Å². The number of aryl methyl sites for hydroxylation is 1. The smallest absolute Gasteiger partial charge is 0.278 e. The summed E-state index contributed by atoms with van der Waals surface area (Å²) in [6.07, 6.45) is 0.525. The number of nitriles is 1. The molecule has 0 radical (unpaired) electrons. The Morgan fingerprint density at radius 2 is 1.85 bits per heavy atom. The number of para-hydroxylation sites is 1. The fourth-order valence-electron chi connectivity index (χ4n) is 3.97. The number of likely N-dealkylation sites (N-methyl/N-ethyl adjacent to an activating group) is 1. The van der Waals surface area contributed by atoms with Gasteiger partial charge >= 0.3 is 0 Å². The highest BCUT2D eigenvalue weighted by Gasteiger charge is 2.41. The first-order chi connectivity index (χ1) is 16.0. The van der Waals surface area contributed by atoms with Crippen molar-refractivity contribution in [3.8, 4) is 6.07 Å². The van der Waals surface area contributed by atoms with Crippen LogP contribution in [0.5, 0.6) is 0 Å². The van der Waals surface area contributed by atoms with Crippen LogP contribution in [-0.2, 0) is 16.0 Å². The molecule has 1 unspecified atom stereocenters. The minimum Gasteiger partial charge on any atom is -0.304 e. The van der Waals surface area contributed by atoms with Crippen LogP contribution < -0.4 is 10.3 Å². The van der Waals surface area contributed by atoms with Gasteiger partial charge in [0, 0.05) is 31.9 Å². The second-order valence-electron chi connectivity index (χ2n) is 8.33. The lowest BCUT2D eigenvalue weighted by Crippen LogP contribution is -2.53. The number of hydrogen-bond acceptors (Lipinski definition) is 6. The number of thioether (sulfide) groups is 1. The van der Waals surface area contributed by atoms with E-state index in [4.69, 9.17) is 0 Å². The first-order valence-corrected chi connectivity index (χ1v) is 11.8. The van der Waals surface area contributed by atoms with Gasteiger partial charge in [0.05, 0.1) is 5.25 Å². The first kappa shape index (κ1) is 23.1. The molecule has 0 saturated carbocycles. The van der Waals surface area contributed by atoms with Crippen molar-refractivity contribution in [2.75, 3.05) is 38.1 Å². The molecule has 4 rings (SSSR count). The summed E-state index contributed by atoms with van der Waals surface area (Å²) in [6, 6.07) is 19.3. The monoisotopic (exact) mass is 461 g/mol. The van der Waals surface area contributed by atoms with Crippen molar-refractivity contribution in [2.24, 2.45) is 0 Å². The van der Waals surface area contributed by atoms with E-state index in [1.165, 1.54) is 16.7 Å². The molecule has 2 saturated heterocycles. The van der Waals surface area contributed by atoms with E-state index in [9.17, 15) is 14.9 Å². The van der Waals surface area contributed by atoms with Gasteiger partial charge in [-0.25, -0.2) is 5.01 Å². The maximum Gasteiger partial charge on any atom is 0.278 e. The number of piperazine rings is 1. The van der Waals surface area contributed by atoms with Crippen LogP contribution >= 0.6 is 11.8 Å². The van der Waals surface area contributed by atoms with Gasteiger partial charge in [-0.15, -0.1) is 0 Å². The molecule has 170 valence electrons. The number of anilines is 1. The maximum absolute atomic E-state index is 13.5. The molecule has 8 heteroatoms. The Morgan fingerprint density at radius 1 is 1.12 bits per heavy atom. The molecule has 1 atom stereocenters. The van der Waals surface area contributed by atoms with Gasteiger partial charge in [-0.3, -0.25) is 19.9 Å². The molecule has 2 heterocycles. The van der Waals surface area contributed by atoms with Crippen LogP contribution in [0.1, 0.15) is 11.1 Å². The van der Waals surface area contributed by atoms with Crippen molar-refractivity contribution in [1.29, 1.82) is 5.26 Å². The molecular formula is C25H27N5O2S. The van der Waals surface area contributed by atoms with E-state index in [0.29, 0.717) is 30.2 Å². The molecule has 0 bridgehead atoms. The predicted molar refractivity (Wildman–Crippen MR) is 130 cm³/mol. The Morgan fingerprint density at radius 3 is 2.52 bits per heavy atom. The van der Waals surface area contributed by atoms with E-state index in [1.807, 2.05) is 67.5 Å². The Bertz CT molecular complexity index is 1100. The molecule has 7 nitrogen and oxygen atoms in total. The summed E-state index contributed by atoms with van der Waals surface area (Å²) in [7, 11) is 2.04. The van der Waals surface area contributed by atoms with Crippen molar-refractivity contribution in [3.63, 3.8) is 0 Å². The highest BCUT2D eigenvalue weighted by atomic mass is 32.2. The Hall–Kier alpha value is -3.12. The molecule has 0 aromatic heterocycles. The average molecular weight is 462 g/mol. The van der Waals surface area contributed by atoms with Gasteiger partial charge in [0.1, 0.15) is 16.7 Å². The summed E-state index contributed by atoms with van der Waals surface area (Å²) in [5, 5.41) is 11.7. The third-order valence-electron chi connectivity index (χ3n) is 5.79. The van der Waals surface area contributed by atoms with Crippen LogP contribution in [0.2, 0.25) is 0 Å². The largest absolute Gasteiger partial charge is 0.304 e. The fraction of sp³-hybridized carbons (Fsp3) is 0.320. The first-order valence-electron chi connectivity index (χ1n) is 11.0. The van der Waals surface area contributed by atoms with E-state index in [1.54, 1.807) is 0 Å². The lowest BCUT2D eigenvalue weighted by molar-refractivity contribution is -0.122. The highest BCUT2D eigenvalue weighted by molar-refractivity contribution is 8.05. The highest BCUT2D eigenvalue weighted by Crippen LogP contribution is 2.41. The van der Waals surface area contributed by atoms with Gasteiger partial charge in [0.15, 0.2) is 0 Å². The number of benzene rings is 2. The summed E-state index contributed by atoms with van der Waals surface area (Å²) in [5.74, 6) is -0.600. The summed E-state index contributed by atoms with van der Waals surface area (Å²) in [6.45, 7) is 5.05. The Kier molecular flexibility index (Phi) is 7.14. The lowest BCUT2D eigenvalue weighted by Gasteiger charge is -2.32. The quantitative estimate of drug-likeness (QED) is 0.545. The average Bonchev–Trinajstić information content (AvgIpc) is 3.12. The SMILES string of the molecule is Cc1cccc(CC2SC(=C(C#N)C(=O)NN3CCN(C)CC3)N(c3ccccc3)C2=O)c1. The Labute approximate surface area is 198 Å². The minimum atomic E-state index is -0.477. The number of carbonyl (C=O) groups is 2. The van der Waals surface area contributed by atoms with E-state index in [2.05, 4.69) is 22.5 Å². The Balaban J connectivity index is 1.64. The van der Waals surface area contributed by atoms with Crippen LogP contribution in [0.3, 0.4) is 0 Å². The van der Waals surface area contributed by atoms with Crippen LogP contribution in [0.4, 0.5) is 5.69 Å². The fourth-order valence-corrected chi connectivity index (χ4v) is 5.28. The standard InChI is InChI=1S/C25H27N5O2S/c1-18-7-6-8-19(15-18)16-22-24(32)30(20-9-4-3-5-10-20)25(33-22)21(17-26)23(31)27-29-13-11-28(2)12-14-29/h3-10,15,22H,11-14,16H2,1-2H3,(H,27,31). The third kappa shape index (κ3) is 5.28. The normalized spacial score (nSPS) is 21.1. The third-order valence-corrected chi connectivity index (χ3v) is 7.05. The van der Waals surface area contributed by atoms with Crippen molar-refractivity contribution in [2.45, 2.75) is 18.6 Å². The number of amides is 2. The molecule has 2 aliphatic rings. The van der Waals surface area contributed by atoms with E-state index in [-0.39, 0.29) is 11.5 Å². The van der Waals surface area contributed by atoms with Crippen molar-refractivity contribution in [3.05, 3.63) is 76.3 Å². The lowest BCUT2D eigenvalue weighted by atomic mass is 10.1. The molecule has 2 amide bonds. The molecule has 2 aromatic rings. The van der Waals surface area contributed by atoms with Crippen LogP contribution in [0, 0.1) is 18.3 Å². The van der Waals surface area contributed by atoms with E-state index in [0.717, 1.165) is 24.2 Å². The predicted octanol–water partition coefficient (Wildman–Crippen LogP) is 2.70. The van der Waals surface area contributed by atoms with Gasteiger partial charge < -0.3 is 4.90 Å². The van der Waals surface area contributed by atoms with Crippen LogP contribution in [-0.4, -0.2) is 60.2 Å². The van der Waals surface area contributed by atoms with Gasteiger partial charge in [-0.05, 0) is 38.1 Å². The second-order valence-corrected chi connectivity index (χ2v) is 9.52. The van der Waals surface area contributed by atoms with E-state index < -0.39 is 11.2 Å². The van der Waals surface area contributed by atoms with Crippen LogP contribution in [0.25, 0.3) is 0 Å². The van der Waals surface area contributed by atoms with Gasteiger partial charge in [0.2, 0.25) is 5.91 Å². The summed E-state index contributed by atoms with van der Waals surface area (Å²) >= 11 is 1.29. The van der Waals surface area contributed by atoms with Gasteiger partial charge in [-0.2, -0.15) is 5.26 Å². The summed E-state index contributed by atoms with van der Waals surface area (Å²) in [4.78, 5) is 30.3. The molecule has 0 spiro atoms. The van der Waals surface area contributed by atoms with Gasteiger partial charge in [-0.1, -0.05) is 59.8 Å².